The van der Waals surface area contributed by atoms with Crippen molar-refractivity contribution in [2.24, 2.45) is 11.3 Å². The van der Waals surface area contributed by atoms with E-state index in [4.69, 9.17) is 5.26 Å². The number of aromatic amines is 1. The number of aromatic nitrogens is 2. The Morgan fingerprint density at radius 1 is 1.68 bits per heavy atom. The van der Waals surface area contributed by atoms with Crippen molar-refractivity contribution in [3.8, 4) is 6.07 Å². The molecule has 0 saturated heterocycles. The Labute approximate surface area is 113 Å². The van der Waals surface area contributed by atoms with Gasteiger partial charge in [0.05, 0.1) is 12.3 Å². The molecule has 0 radical (unpaired) electrons. The quantitative estimate of drug-likeness (QED) is 0.791. The van der Waals surface area contributed by atoms with E-state index in [2.05, 4.69) is 28.5 Å². The SMILES string of the molecule is Cc1[nH]ncc1CCCNC(=O)C1(C#N)CC(C)C1. The molecule has 0 unspecified atom stereocenters. The number of H-pyrrole nitrogens is 1. The van der Waals surface area contributed by atoms with Gasteiger partial charge in [0.2, 0.25) is 5.91 Å². The van der Waals surface area contributed by atoms with E-state index in [1.165, 1.54) is 5.56 Å². The number of aryl methyl sites for hydroxylation is 2. The van der Waals surface area contributed by atoms with E-state index in [0.29, 0.717) is 25.3 Å². The molecule has 5 heteroatoms. The van der Waals surface area contributed by atoms with Crippen LogP contribution in [-0.2, 0) is 11.2 Å². The molecule has 1 fully saturated rings. The van der Waals surface area contributed by atoms with Gasteiger partial charge in [0.1, 0.15) is 5.41 Å². The first-order valence-corrected chi connectivity index (χ1v) is 6.76. The maximum atomic E-state index is 12.0. The molecule has 19 heavy (non-hydrogen) atoms. The monoisotopic (exact) mass is 260 g/mol. The number of amides is 1. The summed E-state index contributed by atoms with van der Waals surface area (Å²) in [6, 6.07) is 2.18. The van der Waals surface area contributed by atoms with E-state index in [1.54, 1.807) is 0 Å². The number of hydrogen-bond acceptors (Lipinski definition) is 3. The lowest BCUT2D eigenvalue weighted by molar-refractivity contribution is -0.133. The van der Waals surface area contributed by atoms with Crippen molar-refractivity contribution in [3.05, 3.63) is 17.5 Å². The van der Waals surface area contributed by atoms with Crippen molar-refractivity contribution in [2.75, 3.05) is 6.54 Å². The van der Waals surface area contributed by atoms with Crippen LogP contribution in [0.15, 0.2) is 6.20 Å². The summed E-state index contributed by atoms with van der Waals surface area (Å²) in [5.74, 6) is 0.385. The molecular formula is C14H20N4O. The van der Waals surface area contributed by atoms with E-state index < -0.39 is 5.41 Å². The minimum absolute atomic E-state index is 0.1000. The molecule has 1 aliphatic rings. The summed E-state index contributed by atoms with van der Waals surface area (Å²) in [6.45, 7) is 4.67. The van der Waals surface area contributed by atoms with E-state index in [9.17, 15) is 4.79 Å². The number of hydrogen-bond donors (Lipinski definition) is 2. The molecule has 1 aromatic rings. The fourth-order valence-electron chi connectivity index (χ4n) is 2.74. The maximum Gasteiger partial charge on any atom is 0.240 e. The zero-order valence-electron chi connectivity index (χ0n) is 11.5. The van der Waals surface area contributed by atoms with Gasteiger partial charge in [-0.05, 0) is 44.1 Å². The third kappa shape index (κ3) is 2.78. The third-order valence-electron chi connectivity index (χ3n) is 3.89. The van der Waals surface area contributed by atoms with Crippen LogP contribution in [-0.4, -0.2) is 22.6 Å². The van der Waals surface area contributed by atoms with Crippen molar-refractivity contribution < 1.29 is 4.79 Å². The number of nitriles is 1. The topological polar surface area (TPSA) is 81.6 Å². The average Bonchev–Trinajstić information content (AvgIpc) is 2.76. The van der Waals surface area contributed by atoms with Gasteiger partial charge in [-0.25, -0.2) is 0 Å². The van der Waals surface area contributed by atoms with Crippen molar-refractivity contribution >= 4 is 5.91 Å². The lowest BCUT2D eigenvalue weighted by atomic mass is 9.63. The smallest absolute Gasteiger partial charge is 0.240 e. The molecule has 2 N–H and O–H groups in total. The molecule has 5 nitrogen and oxygen atoms in total. The fraction of sp³-hybridized carbons (Fsp3) is 0.643. The summed E-state index contributed by atoms with van der Waals surface area (Å²) in [4.78, 5) is 12.0. The molecule has 102 valence electrons. The predicted octanol–water partition coefficient (Wildman–Crippen LogP) is 1.71. The second kappa shape index (κ2) is 5.43. The molecular weight excluding hydrogens is 240 g/mol. The molecule has 0 bridgehead atoms. The largest absolute Gasteiger partial charge is 0.355 e. The van der Waals surface area contributed by atoms with Crippen LogP contribution in [0.2, 0.25) is 0 Å². The van der Waals surface area contributed by atoms with Crippen molar-refractivity contribution in [3.63, 3.8) is 0 Å². The van der Waals surface area contributed by atoms with Crippen molar-refractivity contribution in [1.29, 1.82) is 5.26 Å². The van der Waals surface area contributed by atoms with Gasteiger partial charge in [-0.2, -0.15) is 10.4 Å². The van der Waals surface area contributed by atoms with Gasteiger partial charge in [0, 0.05) is 12.2 Å². The number of nitrogens with one attached hydrogen (secondary N) is 2. The average molecular weight is 260 g/mol. The fourth-order valence-corrected chi connectivity index (χ4v) is 2.74. The molecule has 1 heterocycles. The zero-order valence-corrected chi connectivity index (χ0v) is 11.5. The van der Waals surface area contributed by atoms with Crippen LogP contribution in [0.25, 0.3) is 0 Å². The molecule has 0 spiro atoms. The zero-order chi connectivity index (χ0) is 13.9. The Balaban J connectivity index is 1.73. The van der Waals surface area contributed by atoms with Gasteiger partial charge in [0.15, 0.2) is 0 Å². The van der Waals surface area contributed by atoms with Crippen molar-refractivity contribution in [1.82, 2.24) is 15.5 Å². The second-order valence-electron chi connectivity index (χ2n) is 5.59. The first-order valence-electron chi connectivity index (χ1n) is 6.76. The van der Waals surface area contributed by atoms with Crippen LogP contribution >= 0.6 is 0 Å². The number of carbonyl (C=O) groups is 1. The number of rotatable bonds is 5. The van der Waals surface area contributed by atoms with E-state index in [1.807, 2.05) is 13.1 Å². The Morgan fingerprint density at radius 3 is 2.95 bits per heavy atom. The van der Waals surface area contributed by atoms with E-state index in [-0.39, 0.29) is 5.91 Å². The summed E-state index contributed by atoms with van der Waals surface area (Å²) in [5, 5.41) is 18.9. The predicted molar refractivity (Wildman–Crippen MR) is 71.1 cm³/mol. The summed E-state index contributed by atoms with van der Waals surface area (Å²) in [5.41, 5.74) is 1.50. The van der Waals surface area contributed by atoms with Crippen LogP contribution < -0.4 is 5.32 Å². The molecule has 0 atom stereocenters. The summed E-state index contributed by atoms with van der Waals surface area (Å²) in [7, 11) is 0. The molecule has 1 aliphatic carbocycles. The highest BCUT2D eigenvalue weighted by molar-refractivity contribution is 5.86. The molecule has 2 rings (SSSR count). The van der Waals surface area contributed by atoms with Crippen LogP contribution in [0.3, 0.4) is 0 Å². The lowest BCUT2D eigenvalue weighted by Crippen LogP contribution is -2.48. The highest BCUT2D eigenvalue weighted by Crippen LogP contribution is 2.44. The standard InChI is InChI=1S/C14H20N4O/c1-10-6-14(7-10,9-15)13(19)16-5-3-4-12-8-17-18-11(12)2/h8,10H,3-7H2,1-2H3,(H,16,19)(H,17,18). The molecule has 1 saturated carbocycles. The Hall–Kier alpha value is -1.83. The molecule has 1 aromatic heterocycles. The van der Waals surface area contributed by atoms with Crippen LogP contribution in [0.4, 0.5) is 0 Å². The van der Waals surface area contributed by atoms with Crippen LogP contribution in [0.5, 0.6) is 0 Å². The molecule has 0 aromatic carbocycles. The van der Waals surface area contributed by atoms with Gasteiger partial charge in [-0.1, -0.05) is 6.92 Å². The van der Waals surface area contributed by atoms with Crippen LogP contribution in [0.1, 0.15) is 37.4 Å². The third-order valence-corrected chi connectivity index (χ3v) is 3.89. The van der Waals surface area contributed by atoms with Gasteiger partial charge in [-0.3, -0.25) is 9.89 Å². The Kier molecular flexibility index (Phi) is 3.89. The van der Waals surface area contributed by atoms with Gasteiger partial charge in [-0.15, -0.1) is 0 Å². The summed E-state index contributed by atoms with van der Waals surface area (Å²) < 4.78 is 0. The van der Waals surface area contributed by atoms with Gasteiger partial charge >= 0.3 is 0 Å². The normalized spacial score (nSPS) is 25.4. The lowest BCUT2D eigenvalue weighted by Gasteiger charge is -2.39. The second-order valence-corrected chi connectivity index (χ2v) is 5.59. The van der Waals surface area contributed by atoms with Gasteiger partial charge in [0.25, 0.3) is 0 Å². The summed E-state index contributed by atoms with van der Waals surface area (Å²) in [6.07, 6.45) is 4.95. The van der Waals surface area contributed by atoms with E-state index >= 15 is 0 Å². The Bertz CT molecular complexity index is 494. The minimum atomic E-state index is -0.759. The first kappa shape index (κ1) is 13.6. The number of nitrogens with zero attached hydrogens (tertiary/aromatic N) is 2. The van der Waals surface area contributed by atoms with Crippen LogP contribution in [0, 0.1) is 29.6 Å². The first-order chi connectivity index (χ1) is 9.07. The number of carbonyl (C=O) groups excluding carboxylic acids is 1. The molecule has 0 aliphatic heterocycles. The Morgan fingerprint density at radius 2 is 2.42 bits per heavy atom. The van der Waals surface area contributed by atoms with Crippen molar-refractivity contribution in [2.45, 2.75) is 39.5 Å². The minimum Gasteiger partial charge on any atom is -0.355 e. The maximum absolute atomic E-state index is 12.0. The van der Waals surface area contributed by atoms with Gasteiger partial charge < -0.3 is 5.32 Å². The summed E-state index contributed by atoms with van der Waals surface area (Å²) >= 11 is 0. The van der Waals surface area contributed by atoms with E-state index in [0.717, 1.165) is 18.5 Å². The highest BCUT2D eigenvalue weighted by Gasteiger charge is 2.48. The highest BCUT2D eigenvalue weighted by atomic mass is 16.2. The molecule has 1 amide bonds.